The van der Waals surface area contributed by atoms with Gasteiger partial charge in [0.1, 0.15) is 11.5 Å². The molecule has 0 spiro atoms. The third kappa shape index (κ3) is 4.31. The van der Waals surface area contributed by atoms with Crippen molar-refractivity contribution in [3.8, 4) is 11.5 Å². The number of ether oxygens (including phenoxy) is 2. The topological polar surface area (TPSA) is 63.8 Å². The van der Waals surface area contributed by atoms with Gasteiger partial charge in [-0.1, -0.05) is 6.07 Å². The van der Waals surface area contributed by atoms with Gasteiger partial charge in [0.05, 0.1) is 20.4 Å². The molecule has 2 rings (SSSR count). The van der Waals surface area contributed by atoms with Crippen molar-refractivity contribution in [1.29, 1.82) is 0 Å². The highest BCUT2D eigenvalue weighted by molar-refractivity contribution is 5.85. The third-order valence-corrected chi connectivity index (χ3v) is 2.93. The molecule has 1 heterocycles. The Morgan fingerprint density at radius 3 is 2.68 bits per heavy atom. The second kappa shape index (κ2) is 7.78. The maximum Gasteiger partial charge on any atom is 0.305 e. The van der Waals surface area contributed by atoms with Crippen LogP contribution in [0.5, 0.6) is 11.5 Å². The molecule has 0 fully saturated rings. The maximum absolute atomic E-state index is 11.8. The standard InChI is InChI=1S/C16H17N3O3/c1-21-14-6-7-15(22-2)13(10-14)11-17-18-16(20)12-19-8-4-3-5-9-19/h3-11H,12H2,1-2H3/p+1/b17-11+. The number of aromatic nitrogens is 1. The van der Waals surface area contributed by atoms with Crippen LogP contribution in [0.15, 0.2) is 53.9 Å². The number of nitrogens with zero attached hydrogens (tertiary/aromatic N) is 2. The second-order valence-corrected chi connectivity index (χ2v) is 4.45. The van der Waals surface area contributed by atoms with Crippen LogP contribution in [0.2, 0.25) is 0 Å². The summed E-state index contributed by atoms with van der Waals surface area (Å²) in [6.45, 7) is 0.202. The summed E-state index contributed by atoms with van der Waals surface area (Å²) in [6, 6.07) is 11.0. The van der Waals surface area contributed by atoms with Crippen LogP contribution in [0, 0.1) is 0 Å². The molecule has 1 aromatic heterocycles. The summed E-state index contributed by atoms with van der Waals surface area (Å²) in [5.74, 6) is 1.12. The van der Waals surface area contributed by atoms with Crippen molar-refractivity contribution in [2.45, 2.75) is 6.54 Å². The molecule has 0 aliphatic heterocycles. The lowest BCUT2D eigenvalue weighted by molar-refractivity contribution is -0.684. The number of methoxy groups -OCH3 is 2. The predicted molar refractivity (Wildman–Crippen MR) is 81.9 cm³/mol. The molecule has 2 aromatic rings. The number of pyridine rings is 1. The molecule has 114 valence electrons. The van der Waals surface area contributed by atoms with Crippen molar-refractivity contribution < 1.29 is 18.8 Å². The van der Waals surface area contributed by atoms with E-state index in [1.54, 1.807) is 37.0 Å². The molecule has 0 unspecified atom stereocenters. The summed E-state index contributed by atoms with van der Waals surface area (Å²) in [6.07, 6.45) is 5.15. The Kier molecular flexibility index (Phi) is 5.48. The van der Waals surface area contributed by atoms with E-state index in [4.69, 9.17) is 9.47 Å². The Balaban J connectivity index is 1.98. The monoisotopic (exact) mass is 300 g/mol. The van der Waals surface area contributed by atoms with Crippen molar-refractivity contribution >= 4 is 12.1 Å². The zero-order valence-electron chi connectivity index (χ0n) is 12.5. The average Bonchev–Trinajstić information content (AvgIpc) is 2.55. The highest BCUT2D eigenvalue weighted by Gasteiger charge is 2.07. The van der Waals surface area contributed by atoms with Crippen LogP contribution in [0.4, 0.5) is 0 Å². The summed E-state index contributed by atoms with van der Waals surface area (Å²) in [5.41, 5.74) is 3.20. The van der Waals surface area contributed by atoms with Gasteiger partial charge < -0.3 is 9.47 Å². The molecule has 1 aromatic carbocycles. The zero-order valence-corrected chi connectivity index (χ0v) is 12.5. The molecule has 0 aliphatic rings. The highest BCUT2D eigenvalue weighted by atomic mass is 16.5. The van der Waals surface area contributed by atoms with Crippen LogP contribution in [0.1, 0.15) is 5.56 Å². The van der Waals surface area contributed by atoms with Crippen LogP contribution in [-0.2, 0) is 11.3 Å². The highest BCUT2D eigenvalue weighted by Crippen LogP contribution is 2.22. The third-order valence-electron chi connectivity index (χ3n) is 2.93. The molecular formula is C16H18N3O3+. The van der Waals surface area contributed by atoms with Crippen molar-refractivity contribution in [1.82, 2.24) is 5.43 Å². The Morgan fingerprint density at radius 2 is 2.00 bits per heavy atom. The van der Waals surface area contributed by atoms with E-state index in [1.807, 2.05) is 30.6 Å². The Hall–Kier alpha value is -2.89. The summed E-state index contributed by atoms with van der Waals surface area (Å²) >= 11 is 0. The van der Waals surface area contributed by atoms with Gasteiger partial charge in [-0.15, -0.1) is 0 Å². The second-order valence-electron chi connectivity index (χ2n) is 4.45. The van der Waals surface area contributed by atoms with Crippen LogP contribution in [0.3, 0.4) is 0 Å². The van der Waals surface area contributed by atoms with Crippen molar-refractivity contribution in [3.63, 3.8) is 0 Å². The molecular weight excluding hydrogens is 282 g/mol. The minimum atomic E-state index is -0.214. The fourth-order valence-corrected chi connectivity index (χ4v) is 1.86. The molecule has 1 amide bonds. The van der Waals surface area contributed by atoms with Gasteiger partial charge in [0, 0.05) is 17.7 Å². The first-order chi connectivity index (χ1) is 10.7. The average molecular weight is 300 g/mol. The van der Waals surface area contributed by atoms with E-state index in [9.17, 15) is 4.79 Å². The van der Waals surface area contributed by atoms with E-state index in [2.05, 4.69) is 10.5 Å². The summed E-state index contributed by atoms with van der Waals surface area (Å²) < 4.78 is 12.1. The van der Waals surface area contributed by atoms with Crippen LogP contribution in [0.25, 0.3) is 0 Å². The van der Waals surface area contributed by atoms with E-state index in [0.717, 1.165) is 5.56 Å². The van der Waals surface area contributed by atoms with Gasteiger partial charge in [-0.05, 0) is 18.2 Å². The van der Waals surface area contributed by atoms with Gasteiger partial charge in [0.25, 0.3) is 0 Å². The molecule has 22 heavy (non-hydrogen) atoms. The van der Waals surface area contributed by atoms with Gasteiger partial charge in [-0.3, -0.25) is 4.79 Å². The van der Waals surface area contributed by atoms with Crippen molar-refractivity contribution in [3.05, 3.63) is 54.4 Å². The van der Waals surface area contributed by atoms with Gasteiger partial charge in [-0.25, -0.2) is 5.43 Å². The minimum Gasteiger partial charge on any atom is -0.497 e. The SMILES string of the molecule is COc1ccc(OC)c(/C=N/NC(=O)C[n+]2ccccc2)c1. The van der Waals surface area contributed by atoms with Crippen LogP contribution < -0.4 is 19.5 Å². The van der Waals surface area contributed by atoms with Crippen molar-refractivity contribution in [2.24, 2.45) is 5.10 Å². The largest absolute Gasteiger partial charge is 0.497 e. The number of amides is 1. The molecule has 0 aliphatic carbocycles. The number of hydrogen-bond acceptors (Lipinski definition) is 4. The smallest absolute Gasteiger partial charge is 0.305 e. The first-order valence-corrected chi connectivity index (χ1v) is 6.71. The van der Waals surface area contributed by atoms with Gasteiger partial charge in [0.2, 0.25) is 6.54 Å². The molecule has 6 heteroatoms. The number of nitrogens with one attached hydrogen (secondary N) is 1. The zero-order chi connectivity index (χ0) is 15.8. The molecule has 0 saturated heterocycles. The maximum atomic E-state index is 11.8. The molecule has 0 saturated carbocycles. The van der Waals surface area contributed by atoms with Crippen molar-refractivity contribution in [2.75, 3.05) is 14.2 Å². The lowest BCUT2D eigenvalue weighted by Crippen LogP contribution is -2.40. The molecule has 0 bridgehead atoms. The number of rotatable bonds is 6. The Labute approximate surface area is 129 Å². The summed E-state index contributed by atoms with van der Waals surface area (Å²) in [7, 11) is 3.16. The van der Waals surface area contributed by atoms with E-state index < -0.39 is 0 Å². The molecule has 1 N–H and O–H groups in total. The lowest BCUT2D eigenvalue weighted by atomic mass is 10.2. The van der Waals surface area contributed by atoms with E-state index in [-0.39, 0.29) is 12.5 Å². The fourth-order valence-electron chi connectivity index (χ4n) is 1.86. The summed E-state index contributed by atoms with van der Waals surface area (Å²) in [4.78, 5) is 11.8. The van der Waals surface area contributed by atoms with Gasteiger partial charge in [-0.2, -0.15) is 9.67 Å². The Morgan fingerprint density at radius 1 is 1.23 bits per heavy atom. The van der Waals surface area contributed by atoms with E-state index >= 15 is 0 Å². The van der Waals surface area contributed by atoms with Gasteiger partial charge >= 0.3 is 5.91 Å². The molecule has 0 atom stereocenters. The fraction of sp³-hybridized carbons (Fsp3) is 0.188. The van der Waals surface area contributed by atoms with E-state index in [0.29, 0.717) is 11.5 Å². The van der Waals surface area contributed by atoms with Gasteiger partial charge in [0.15, 0.2) is 12.4 Å². The normalized spacial score (nSPS) is 10.5. The number of hydrogen-bond donors (Lipinski definition) is 1. The number of benzene rings is 1. The predicted octanol–water partition coefficient (Wildman–Crippen LogP) is 1.14. The first-order valence-electron chi connectivity index (χ1n) is 6.71. The molecule has 6 nitrogen and oxygen atoms in total. The summed E-state index contributed by atoms with van der Waals surface area (Å²) in [5, 5.41) is 3.95. The van der Waals surface area contributed by atoms with Crippen LogP contribution in [-0.4, -0.2) is 26.3 Å². The number of carbonyl (C=O) groups excluding carboxylic acids is 1. The number of hydrazone groups is 1. The van der Waals surface area contributed by atoms with E-state index in [1.165, 1.54) is 6.21 Å². The first kappa shape index (κ1) is 15.5. The van der Waals surface area contributed by atoms with Crippen LogP contribution >= 0.6 is 0 Å². The quantitative estimate of drug-likeness (QED) is 0.494. The minimum absolute atomic E-state index is 0.202. The molecule has 0 radical (unpaired) electrons. The number of carbonyl (C=O) groups is 1. The lowest BCUT2D eigenvalue weighted by Gasteiger charge is -2.06. The Bertz CT molecular complexity index is 657.